The molecule has 0 spiro atoms. The maximum absolute atomic E-state index is 11.1. The van der Waals surface area contributed by atoms with E-state index in [-0.39, 0.29) is 11.9 Å². The van der Waals surface area contributed by atoms with Gasteiger partial charge in [-0.3, -0.25) is 9.69 Å². The van der Waals surface area contributed by atoms with E-state index in [0.717, 1.165) is 36.4 Å². The number of amides is 1. The van der Waals surface area contributed by atoms with Crippen LogP contribution in [0.1, 0.15) is 24.4 Å². The Balaban J connectivity index is 2.27. The van der Waals surface area contributed by atoms with E-state index in [0.29, 0.717) is 6.54 Å². The molecule has 0 unspecified atom stereocenters. The zero-order valence-electron chi connectivity index (χ0n) is 11.4. The minimum atomic E-state index is -0.292. The Labute approximate surface area is 113 Å². The fourth-order valence-electron chi connectivity index (χ4n) is 2.66. The number of nitrogens with zero attached hydrogens (tertiary/aromatic N) is 1. The maximum atomic E-state index is 11.1. The number of carbonyl (C=O) groups is 1. The molecule has 1 fully saturated rings. The summed E-state index contributed by atoms with van der Waals surface area (Å²) in [5, 5.41) is 0. The zero-order chi connectivity index (χ0) is 13.8. The van der Waals surface area contributed by atoms with Crippen LogP contribution in [-0.4, -0.2) is 38.1 Å². The number of rotatable bonds is 5. The number of primary amides is 1. The van der Waals surface area contributed by atoms with Gasteiger partial charge in [-0.15, -0.1) is 0 Å². The van der Waals surface area contributed by atoms with Crippen molar-refractivity contribution in [1.82, 2.24) is 4.90 Å². The van der Waals surface area contributed by atoms with Crippen LogP contribution in [-0.2, 0) is 4.79 Å². The first kappa shape index (κ1) is 13.7. The highest BCUT2D eigenvalue weighted by Gasteiger charge is 2.29. The Morgan fingerprint density at radius 2 is 2.21 bits per heavy atom. The van der Waals surface area contributed by atoms with Crippen molar-refractivity contribution in [1.29, 1.82) is 0 Å². The molecular weight excluding hydrogens is 244 g/mol. The predicted molar refractivity (Wildman–Crippen MR) is 72.3 cm³/mol. The molecule has 2 rings (SSSR count). The van der Waals surface area contributed by atoms with E-state index in [4.69, 9.17) is 15.2 Å². The highest BCUT2D eigenvalue weighted by atomic mass is 16.5. The third kappa shape index (κ3) is 2.98. The summed E-state index contributed by atoms with van der Waals surface area (Å²) in [4.78, 5) is 13.2. The highest BCUT2D eigenvalue weighted by Crippen LogP contribution is 2.38. The van der Waals surface area contributed by atoms with Gasteiger partial charge in [0.25, 0.3) is 0 Å². The number of hydrogen-bond donors (Lipinski definition) is 1. The summed E-state index contributed by atoms with van der Waals surface area (Å²) in [5.74, 6) is 1.26. The number of methoxy groups -OCH3 is 2. The molecule has 1 amide bonds. The van der Waals surface area contributed by atoms with Gasteiger partial charge in [0, 0.05) is 17.7 Å². The van der Waals surface area contributed by atoms with Gasteiger partial charge in [0.05, 0.1) is 20.8 Å². The third-order valence-electron chi connectivity index (χ3n) is 3.52. The number of ether oxygens (including phenoxy) is 2. The molecular formula is C14H20N2O3. The molecule has 1 aliphatic heterocycles. The molecule has 2 N–H and O–H groups in total. The predicted octanol–water partition coefficient (Wildman–Crippen LogP) is 1.33. The molecule has 5 heteroatoms. The fraction of sp³-hybridized carbons (Fsp3) is 0.500. The molecule has 104 valence electrons. The van der Waals surface area contributed by atoms with Gasteiger partial charge in [-0.05, 0) is 25.5 Å². The van der Waals surface area contributed by atoms with Crippen LogP contribution >= 0.6 is 0 Å². The zero-order valence-corrected chi connectivity index (χ0v) is 11.4. The monoisotopic (exact) mass is 264 g/mol. The molecule has 0 aliphatic carbocycles. The normalized spacial score (nSPS) is 19.4. The number of hydrogen-bond acceptors (Lipinski definition) is 4. The summed E-state index contributed by atoms with van der Waals surface area (Å²) in [5.41, 5.74) is 6.38. The average Bonchev–Trinajstić information content (AvgIpc) is 2.85. The summed E-state index contributed by atoms with van der Waals surface area (Å²) in [6.45, 7) is 1.18. The van der Waals surface area contributed by atoms with E-state index in [1.54, 1.807) is 14.2 Å². The van der Waals surface area contributed by atoms with Crippen molar-refractivity contribution in [2.45, 2.75) is 18.9 Å². The molecule has 1 aromatic carbocycles. The number of carbonyl (C=O) groups excluding carboxylic acids is 1. The van der Waals surface area contributed by atoms with Crippen LogP contribution in [0, 0.1) is 0 Å². The van der Waals surface area contributed by atoms with E-state index in [1.165, 1.54) is 0 Å². The van der Waals surface area contributed by atoms with Crippen LogP contribution in [0.5, 0.6) is 11.5 Å². The van der Waals surface area contributed by atoms with E-state index in [1.807, 2.05) is 18.2 Å². The second-order valence-electron chi connectivity index (χ2n) is 4.70. The Morgan fingerprint density at radius 3 is 2.84 bits per heavy atom. The second kappa shape index (κ2) is 5.93. The molecule has 1 heterocycles. The summed E-state index contributed by atoms with van der Waals surface area (Å²) < 4.78 is 10.6. The number of nitrogens with two attached hydrogens (primary N) is 1. The standard InChI is InChI=1S/C14H20N2O3/c1-18-10-5-6-11(13(8-10)19-2)12-4-3-7-16(12)9-14(15)17/h5-6,8,12H,3-4,7,9H2,1-2H3,(H2,15,17)/t12-/m0/s1. The lowest BCUT2D eigenvalue weighted by molar-refractivity contribution is -0.119. The fourth-order valence-corrected chi connectivity index (χ4v) is 2.66. The summed E-state index contributed by atoms with van der Waals surface area (Å²) in [6.07, 6.45) is 2.07. The lowest BCUT2D eigenvalue weighted by Gasteiger charge is -2.25. The van der Waals surface area contributed by atoms with Gasteiger partial charge in [-0.1, -0.05) is 6.07 Å². The molecule has 5 nitrogen and oxygen atoms in total. The lowest BCUT2D eigenvalue weighted by atomic mass is 10.0. The Kier molecular flexibility index (Phi) is 4.27. The van der Waals surface area contributed by atoms with E-state index in [9.17, 15) is 4.79 Å². The van der Waals surface area contributed by atoms with Gasteiger partial charge in [-0.2, -0.15) is 0 Å². The van der Waals surface area contributed by atoms with Crippen LogP contribution in [0.25, 0.3) is 0 Å². The van der Waals surface area contributed by atoms with Gasteiger partial charge in [-0.25, -0.2) is 0 Å². The van der Waals surface area contributed by atoms with Crippen molar-refractivity contribution in [3.05, 3.63) is 23.8 Å². The molecule has 1 saturated heterocycles. The molecule has 0 aromatic heterocycles. The Bertz CT molecular complexity index is 462. The van der Waals surface area contributed by atoms with Crippen LogP contribution < -0.4 is 15.2 Å². The second-order valence-corrected chi connectivity index (χ2v) is 4.70. The molecule has 19 heavy (non-hydrogen) atoms. The maximum Gasteiger partial charge on any atom is 0.231 e. The largest absolute Gasteiger partial charge is 0.497 e. The van der Waals surface area contributed by atoms with E-state index >= 15 is 0 Å². The number of benzene rings is 1. The molecule has 0 radical (unpaired) electrons. The minimum Gasteiger partial charge on any atom is -0.497 e. The lowest BCUT2D eigenvalue weighted by Crippen LogP contribution is -2.33. The van der Waals surface area contributed by atoms with Crippen molar-refractivity contribution >= 4 is 5.91 Å². The highest BCUT2D eigenvalue weighted by molar-refractivity contribution is 5.76. The Hall–Kier alpha value is -1.75. The first-order valence-electron chi connectivity index (χ1n) is 6.40. The van der Waals surface area contributed by atoms with Crippen molar-refractivity contribution in [2.75, 3.05) is 27.3 Å². The molecule has 0 saturated carbocycles. The third-order valence-corrected chi connectivity index (χ3v) is 3.52. The van der Waals surface area contributed by atoms with Gasteiger partial charge in [0.15, 0.2) is 0 Å². The van der Waals surface area contributed by atoms with Crippen LogP contribution in [0.3, 0.4) is 0 Å². The molecule has 1 aromatic rings. The van der Waals surface area contributed by atoms with Crippen molar-refractivity contribution in [3.63, 3.8) is 0 Å². The van der Waals surface area contributed by atoms with Crippen molar-refractivity contribution < 1.29 is 14.3 Å². The topological polar surface area (TPSA) is 64.8 Å². The molecule has 1 atom stereocenters. The van der Waals surface area contributed by atoms with E-state index < -0.39 is 0 Å². The number of likely N-dealkylation sites (tertiary alicyclic amines) is 1. The smallest absolute Gasteiger partial charge is 0.231 e. The van der Waals surface area contributed by atoms with Gasteiger partial charge in [0.1, 0.15) is 11.5 Å². The SMILES string of the molecule is COc1ccc([C@@H]2CCCN2CC(N)=O)c(OC)c1. The van der Waals surface area contributed by atoms with Gasteiger partial charge in [0.2, 0.25) is 5.91 Å². The minimum absolute atomic E-state index is 0.188. The summed E-state index contributed by atoms with van der Waals surface area (Å²) in [6, 6.07) is 5.98. The molecule has 0 bridgehead atoms. The van der Waals surface area contributed by atoms with Crippen molar-refractivity contribution in [2.24, 2.45) is 5.73 Å². The van der Waals surface area contributed by atoms with Crippen LogP contribution in [0.2, 0.25) is 0 Å². The Morgan fingerprint density at radius 1 is 1.42 bits per heavy atom. The summed E-state index contributed by atoms with van der Waals surface area (Å²) in [7, 11) is 3.27. The first-order valence-corrected chi connectivity index (χ1v) is 6.40. The summed E-state index contributed by atoms with van der Waals surface area (Å²) >= 11 is 0. The molecule has 1 aliphatic rings. The van der Waals surface area contributed by atoms with Gasteiger partial charge < -0.3 is 15.2 Å². The average molecular weight is 264 g/mol. The van der Waals surface area contributed by atoms with Gasteiger partial charge >= 0.3 is 0 Å². The van der Waals surface area contributed by atoms with Crippen LogP contribution in [0.4, 0.5) is 0 Å². The van der Waals surface area contributed by atoms with Crippen LogP contribution in [0.15, 0.2) is 18.2 Å². The quantitative estimate of drug-likeness (QED) is 0.871. The van der Waals surface area contributed by atoms with Crippen molar-refractivity contribution in [3.8, 4) is 11.5 Å². The first-order chi connectivity index (χ1) is 9.15. The van der Waals surface area contributed by atoms with E-state index in [2.05, 4.69) is 4.90 Å².